The molecule has 2 aromatic heterocycles. The lowest BCUT2D eigenvalue weighted by Gasteiger charge is -2.17. The van der Waals surface area contributed by atoms with Crippen LogP contribution in [0.15, 0.2) is 12.1 Å². The topological polar surface area (TPSA) is 103 Å². The number of fused-ring (bicyclic) bond motifs is 1. The molecule has 8 nitrogen and oxygen atoms in total. The van der Waals surface area contributed by atoms with Crippen molar-refractivity contribution in [3.8, 4) is 0 Å². The SMILES string of the molecule is CCOC(=O)CCN(C(N)=O)c1nn(C)c2nc(Cl)ccc12. The van der Waals surface area contributed by atoms with E-state index in [0.29, 0.717) is 22.0 Å². The molecule has 2 heterocycles. The van der Waals surface area contributed by atoms with Crippen molar-refractivity contribution in [3.05, 3.63) is 17.3 Å². The van der Waals surface area contributed by atoms with Gasteiger partial charge in [-0.05, 0) is 19.1 Å². The number of nitrogens with two attached hydrogens (primary N) is 1. The molecule has 2 N–H and O–H groups in total. The van der Waals surface area contributed by atoms with Gasteiger partial charge >= 0.3 is 12.0 Å². The number of amides is 2. The standard InChI is InChI=1S/C13H16ClN5O3/c1-3-22-10(20)6-7-19(13(15)21)12-8-4-5-9(14)16-11(8)18(2)17-12/h4-5H,3,6-7H2,1-2H3,(H2,15,21). The lowest BCUT2D eigenvalue weighted by molar-refractivity contribution is -0.142. The first-order valence-electron chi connectivity index (χ1n) is 6.66. The van der Waals surface area contributed by atoms with Gasteiger partial charge in [-0.15, -0.1) is 0 Å². The number of hydrogen-bond acceptors (Lipinski definition) is 5. The third kappa shape index (κ3) is 3.28. The van der Waals surface area contributed by atoms with E-state index in [1.54, 1.807) is 26.1 Å². The van der Waals surface area contributed by atoms with E-state index in [1.807, 2.05) is 0 Å². The van der Waals surface area contributed by atoms with Gasteiger partial charge in [0.05, 0.1) is 18.4 Å². The van der Waals surface area contributed by atoms with E-state index < -0.39 is 12.0 Å². The first-order chi connectivity index (χ1) is 10.4. The fraction of sp³-hybridized carbons (Fsp3) is 0.385. The fourth-order valence-electron chi connectivity index (χ4n) is 2.05. The first kappa shape index (κ1) is 16.0. The van der Waals surface area contributed by atoms with E-state index in [1.165, 1.54) is 9.58 Å². The molecule has 0 radical (unpaired) electrons. The molecular formula is C13H16ClN5O3. The van der Waals surface area contributed by atoms with Crippen molar-refractivity contribution >= 4 is 40.5 Å². The molecular weight excluding hydrogens is 310 g/mol. The van der Waals surface area contributed by atoms with E-state index in [-0.39, 0.29) is 19.6 Å². The summed E-state index contributed by atoms with van der Waals surface area (Å²) in [5.74, 6) is -0.0754. The van der Waals surface area contributed by atoms with Crippen molar-refractivity contribution in [2.75, 3.05) is 18.1 Å². The predicted molar refractivity (Wildman–Crippen MR) is 81.7 cm³/mol. The number of nitrogens with zero attached hydrogens (tertiary/aromatic N) is 4. The molecule has 0 aliphatic heterocycles. The third-order valence-corrected chi connectivity index (χ3v) is 3.21. The monoisotopic (exact) mass is 325 g/mol. The normalized spacial score (nSPS) is 10.7. The van der Waals surface area contributed by atoms with Gasteiger partial charge in [0, 0.05) is 13.6 Å². The number of hydrogen-bond donors (Lipinski definition) is 1. The highest BCUT2D eigenvalue weighted by Crippen LogP contribution is 2.26. The Morgan fingerprint density at radius 1 is 1.45 bits per heavy atom. The van der Waals surface area contributed by atoms with Crippen molar-refractivity contribution in [1.82, 2.24) is 14.8 Å². The Bertz CT molecular complexity index is 715. The molecule has 0 bridgehead atoms. The summed E-state index contributed by atoms with van der Waals surface area (Å²) in [6.45, 7) is 2.07. The Morgan fingerprint density at radius 3 is 2.82 bits per heavy atom. The third-order valence-electron chi connectivity index (χ3n) is 3.00. The van der Waals surface area contributed by atoms with Crippen LogP contribution in [-0.4, -0.2) is 39.9 Å². The number of rotatable bonds is 5. The molecule has 9 heteroatoms. The second-order valence-electron chi connectivity index (χ2n) is 4.50. The van der Waals surface area contributed by atoms with E-state index in [2.05, 4.69) is 10.1 Å². The van der Waals surface area contributed by atoms with Gasteiger partial charge in [-0.3, -0.25) is 9.69 Å². The van der Waals surface area contributed by atoms with Crippen LogP contribution in [-0.2, 0) is 16.6 Å². The fourth-order valence-corrected chi connectivity index (χ4v) is 2.19. The number of pyridine rings is 1. The molecule has 0 fully saturated rings. The number of carbonyl (C=O) groups excluding carboxylic acids is 2. The molecule has 0 aromatic carbocycles. The number of halogens is 1. The zero-order valence-electron chi connectivity index (χ0n) is 12.2. The van der Waals surface area contributed by atoms with Crippen LogP contribution in [0.3, 0.4) is 0 Å². The molecule has 0 spiro atoms. The number of carbonyl (C=O) groups is 2. The van der Waals surface area contributed by atoms with Crippen LogP contribution in [0, 0.1) is 0 Å². The minimum Gasteiger partial charge on any atom is -0.466 e. The Morgan fingerprint density at radius 2 is 2.18 bits per heavy atom. The Hall–Kier alpha value is -2.35. The molecule has 2 rings (SSSR count). The van der Waals surface area contributed by atoms with Crippen molar-refractivity contribution in [1.29, 1.82) is 0 Å². The van der Waals surface area contributed by atoms with E-state index in [4.69, 9.17) is 22.1 Å². The van der Waals surface area contributed by atoms with Gasteiger partial charge in [0.1, 0.15) is 5.15 Å². The maximum Gasteiger partial charge on any atom is 0.320 e. The minimum atomic E-state index is -0.709. The van der Waals surface area contributed by atoms with Crippen molar-refractivity contribution in [3.63, 3.8) is 0 Å². The summed E-state index contributed by atoms with van der Waals surface area (Å²) in [7, 11) is 1.68. The molecule has 0 aliphatic rings. The Kier molecular flexibility index (Phi) is 4.81. The highest BCUT2D eigenvalue weighted by molar-refractivity contribution is 6.29. The molecule has 2 amide bonds. The average Bonchev–Trinajstić information content (AvgIpc) is 2.76. The number of esters is 1. The summed E-state index contributed by atoms with van der Waals surface area (Å²) in [4.78, 5) is 28.5. The molecule has 0 aliphatic carbocycles. The lowest BCUT2D eigenvalue weighted by atomic mass is 10.3. The number of aryl methyl sites for hydroxylation is 1. The van der Waals surface area contributed by atoms with Gasteiger partial charge < -0.3 is 10.5 Å². The molecule has 2 aromatic rings. The van der Waals surface area contributed by atoms with Crippen LogP contribution in [0.2, 0.25) is 5.15 Å². The van der Waals surface area contributed by atoms with Gasteiger partial charge in [-0.2, -0.15) is 5.10 Å². The molecule has 0 unspecified atom stereocenters. The second kappa shape index (κ2) is 6.61. The zero-order valence-corrected chi connectivity index (χ0v) is 13.0. The van der Waals surface area contributed by atoms with Crippen LogP contribution in [0.5, 0.6) is 0 Å². The Balaban J connectivity index is 2.33. The van der Waals surface area contributed by atoms with Crippen LogP contribution >= 0.6 is 11.6 Å². The van der Waals surface area contributed by atoms with Gasteiger partial charge in [-0.1, -0.05) is 11.6 Å². The smallest absolute Gasteiger partial charge is 0.320 e. The number of urea groups is 1. The van der Waals surface area contributed by atoms with Gasteiger partial charge in [-0.25, -0.2) is 14.5 Å². The summed E-state index contributed by atoms with van der Waals surface area (Å²) in [5.41, 5.74) is 5.92. The summed E-state index contributed by atoms with van der Waals surface area (Å²) in [5, 5.41) is 5.18. The quantitative estimate of drug-likeness (QED) is 0.662. The maximum atomic E-state index is 11.7. The van der Waals surface area contributed by atoms with Crippen LogP contribution < -0.4 is 10.6 Å². The van der Waals surface area contributed by atoms with E-state index in [9.17, 15) is 9.59 Å². The van der Waals surface area contributed by atoms with Crippen LogP contribution in [0.25, 0.3) is 11.0 Å². The van der Waals surface area contributed by atoms with Gasteiger partial charge in [0.25, 0.3) is 0 Å². The zero-order chi connectivity index (χ0) is 16.3. The molecule has 0 saturated heterocycles. The van der Waals surface area contributed by atoms with Crippen LogP contribution in [0.1, 0.15) is 13.3 Å². The first-order valence-corrected chi connectivity index (χ1v) is 7.03. The largest absolute Gasteiger partial charge is 0.466 e. The minimum absolute atomic E-state index is 0.0237. The molecule has 118 valence electrons. The van der Waals surface area contributed by atoms with Crippen molar-refractivity contribution < 1.29 is 14.3 Å². The van der Waals surface area contributed by atoms with Crippen molar-refractivity contribution in [2.24, 2.45) is 12.8 Å². The highest BCUT2D eigenvalue weighted by Gasteiger charge is 2.21. The number of anilines is 1. The predicted octanol–water partition coefficient (Wildman–Crippen LogP) is 1.46. The van der Waals surface area contributed by atoms with Crippen molar-refractivity contribution in [2.45, 2.75) is 13.3 Å². The van der Waals surface area contributed by atoms with Crippen LogP contribution in [0.4, 0.5) is 10.6 Å². The highest BCUT2D eigenvalue weighted by atomic mass is 35.5. The number of ether oxygens (including phenoxy) is 1. The molecule has 0 saturated carbocycles. The number of primary amides is 1. The lowest BCUT2D eigenvalue weighted by Crippen LogP contribution is -2.38. The summed E-state index contributed by atoms with van der Waals surface area (Å²) < 4.78 is 6.34. The van der Waals surface area contributed by atoms with Gasteiger partial charge in [0.15, 0.2) is 11.5 Å². The van der Waals surface area contributed by atoms with Gasteiger partial charge in [0.2, 0.25) is 0 Å². The number of aromatic nitrogens is 3. The summed E-state index contributed by atoms with van der Waals surface area (Å²) in [6.07, 6.45) is 0.0237. The summed E-state index contributed by atoms with van der Waals surface area (Å²) in [6, 6.07) is 2.59. The molecule has 0 atom stereocenters. The molecule has 22 heavy (non-hydrogen) atoms. The maximum absolute atomic E-state index is 11.7. The summed E-state index contributed by atoms with van der Waals surface area (Å²) >= 11 is 5.86. The Labute approximate surface area is 131 Å². The van der Waals surface area contributed by atoms with E-state index in [0.717, 1.165) is 0 Å². The second-order valence-corrected chi connectivity index (χ2v) is 4.88. The average molecular weight is 326 g/mol. The van der Waals surface area contributed by atoms with E-state index >= 15 is 0 Å².